The van der Waals surface area contributed by atoms with Crippen molar-refractivity contribution < 1.29 is 0 Å². The molecule has 0 atom stereocenters. The van der Waals surface area contributed by atoms with E-state index in [2.05, 4.69) is 9.97 Å². The summed E-state index contributed by atoms with van der Waals surface area (Å²) in [7, 11) is 0. The Hall–Kier alpha value is -1.95. The molecule has 21 heavy (non-hydrogen) atoms. The smallest absolute Gasteiger partial charge is 0.303 e. The number of hydrogen-bond acceptors (Lipinski definition) is 4. The molecule has 3 fully saturated rings. The molecular formula is C14H13ClN4O2. The Labute approximate surface area is 125 Å². The van der Waals surface area contributed by atoms with Crippen molar-refractivity contribution in [3.63, 3.8) is 0 Å². The van der Waals surface area contributed by atoms with Crippen molar-refractivity contribution in [2.45, 2.75) is 31.3 Å². The van der Waals surface area contributed by atoms with Crippen LogP contribution >= 0.6 is 11.6 Å². The molecule has 5 rings (SSSR count). The Balaban J connectivity index is 1.67. The first-order chi connectivity index (χ1) is 10.1. The highest BCUT2D eigenvalue weighted by atomic mass is 35.5. The summed E-state index contributed by atoms with van der Waals surface area (Å²) in [5.41, 5.74) is -0.444. The van der Waals surface area contributed by atoms with E-state index in [9.17, 15) is 9.59 Å². The van der Waals surface area contributed by atoms with Gasteiger partial charge < -0.3 is 9.13 Å². The second kappa shape index (κ2) is 4.27. The molecule has 0 aliphatic heterocycles. The van der Waals surface area contributed by atoms with Gasteiger partial charge in [-0.25, -0.2) is 4.98 Å². The monoisotopic (exact) mass is 304 g/mol. The second-order valence-electron chi connectivity index (χ2n) is 5.94. The van der Waals surface area contributed by atoms with Gasteiger partial charge in [0.05, 0.1) is 24.6 Å². The first-order valence-electron chi connectivity index (χ1n) is 6.86. The van der Waals surface area contributed by atoms with Gasteiger partial charge in [0.2, 0.25) is 0 Å². The molecule has 0 amide bonds. The maximum absolute atomic E-state index is 12.3. The van der Waals surface area contributed by atoms with Gasteiger partial charge in [0.15, 0.2) is 0 Å². The van der Waals surface area contributed by atoms with E-state index in [0.717, 1.165) is 25.2 Å². The van der Waals surface area contributed by atoms with E-state index in [4.69, 9.17) is 11.6 Å². The van der Waals surface area contributed by atoms with Gasteiger partial charge in [-0.3, -0.25) is 14.6 Å². The van der Waals surface area contributed by atoms with E-state index in [1.54, 1.807) is 17.0 Å². The standard InChI is InChI=1S/C14H13ClN4O2/c15-11-7-16-10(6-17-11)8-18-1-2-19(13(21)12(18)20)14-3-9(4-14)5-14/h1-2,6-7,9H,3-5,8H2. The molecule has 0 radical (unpaired) electrons. The maximum Gasteiger partial charge on any atom is 0.316 e. The van der Waals surface area contributed by atoms with Crippen LogP contribution in [0, 0.1) is 5.92 Å². The van der Waals surface area contributed by atoms with Crippen molar-refractivity contribution in [1.29, 1.82) is 0 Å². The summed E-state index contributed by atoms with van der Waals surface area (Å²) in [5.74, 6) is 0.753. The Kier molecular flexibility index (Phi) is 2.60. The van der Waals surface area contributed by atoms with Gasteiger partial charge >= 0.3 is 11.1 Å². The molecule has 0 unspecified atom stereocenters. The Morgan fingerprint density at radius 2 is 1.90 bits per heavy atom. The molecule has 0 saturated heterocycles. The van der Waals surface area contributed by atoms with Crippen molar-refractivity contribution in [3.8, 4) is 0 Å². The van der Waals surface area contributed by atoms with Gasteiger partial charge in [0.25, 0.3) is 0 Å². The lowest BCUT2D eigenvalue weighted by Crippen LogP contribution is -2.64. The molecule has 7 heteroatoms. The van der Waals surface area contributed by atoms with Crippen LogP contribution in [0.2, 0.25) is 5.15 Å². The summed E-state index contributed by atoms with van der Waals surface area (Å²) < 4.78 is 2.99. The highest BCUT2D eigenvalue weighted by molar-refractivity contribution is 6.29. The molecule has 2 heterocycles. The first-order valence-corrected chi connectivity index (χ1v) is 7.24. The van der Waals surface area contributed by atoms with Gasteiger partial charge in [-0.15, -0.1) is 0 Å². The zero-order chi connectivity index (χ0) is 14.6. The quantitative estimate of drug-likeness (QED) is 0.794. The van der Waals surface area contributed by atoms with Crippen molar-refractivity contribution in [3.05, 3.63) is 56.3 Å². The lowest BCUT2D eigenvalue weighted by atomic mass is 9.49. The van der Waals surface area contributed by atoms with Crippen LogP contribution in [0.25, 0.3) is 0 Å². The van der Waals surface area contributed by atoms with Gasteiger partial charge in [0, 0.05) is 17.9 Å². The van der Waals surface area contributed by atoms with Crippen molar-refractivity contribution in [2.24, 2.45) is 5.92 Å². The van der Waals surface area contributed by atoms with Gasteiger partial charge in [0.1, 0.15) is 5.15 Å². The molecule has 3 aliphatic rings. The fraction of sp³-hybridized carbons (Fsp3) is 0.429. The van der Waals surface area contributed by atoms with Crippen molar-refractivity contribution in [1.82, 2.24) is 19.1 Å². The third-order valence-corrected chi connectivity index (χ3v) is 4.78. The molecule has 2 aromatic rings. The molecule has 3 aliphatic carbocycles. The zero-order valence-electron chi connectivity index (χ0n) is 11.2. The van der Waals surface area contributed by atoms with E-state index in [0.29, 0.717) is 10.8 Å². The summed E-state index contributed by atoms with van der Waals surface area (Å²) in [4.78, 5) is 32.5. The number of rotatable bonds is 3. The first kappa shape index (κ1) is 12.8. The fourth-order valence-electron chi connectivity index (χ4n) is 3.33. The predicted octanol–water partition coefficient (Wildman–Crippen LogP) is 1.01. The average molecular weight is 305 g/mol. The zero-order valence-corrected chi connectivity index (χ0v) is 12.0. The minimum atomic E-state index is -0.515. The van der Waals surface area contributed by atoms with Crippen LogP contribution in [0.4, 0.5) is 0 Å². The minimum Gasteiger partial charge on any atom is -0.303 e. The van der Waals surface area contributed by atoms with Crippen LogP contribution in [-0.2, 0) is 12.1 Å². The minimum absolute atomic E-state index is 0.0694. The predicted molar refractivity (Wildman–Crippen MR) is 76.4 cm³/mol. The topological polar surface area (TPSA) is 69.8 Å². The summed E-state index contributed by atoms with van der Waals surface area (Å²) in [5, 5.41) is 0.296. The lowest BCUT2D eigenvalue weighted by Gasteiger charge is -2.62. The molecule has 2 bridgehead atoms. The Morgan fingerprint density at radius 3 is 2.48 bits per heavy atom. The van der Waals surface area contributed by atoms with E-state index >= 15 is 0 Å². The van der Waals surface area contributed by atoms with E-state index in [1.165, 1.54) is 17.0 Å². The summed E-state index contributed by atoms with van der Waals surface area (Å²) in [6, 6.07) is 0. The lowest BCUT2D eigenvalue weighted by molar-refractivity contribution is -0.0919. The third-order valence-electron chi connectivity index (χ3n) is 4.58. The largest absolute Gasteiger partial charge is 0.316 e. The number of halogens is 1. The number of nitrogens with zero attached hydrogens (tertiary/aromatic N) is 4. The van der Waals surface area contributed by atoms with Crippen molar-refractivity contribution in [2.75, 3.05) is 0 Å². The normalized spacial score (nSPS) is 26.0. The molecule has 2 aromatic heterocycles. The fourth-order valence-corrected chi connectivity index (χ4v) is 3.43. The molecule has 0 spiro atoms. The average Bonchev–Trinajstić information content (AvgIpc) is 2.37. The van der Waals surface area contributed by atoms with Crippen LogP contribution < -0.4 is 11.1 Å². The van der Waals surface area contributed by atoms with E-state index in [-0.39, 0.29) is 12.1 Å². The SMILES string of the molecule is O=c1c(=O)n(C23CC(C2)C3)ccn1Cc1cnc(Cl)cn1. The number of hydrogen-bond donors (Lipinski definition) is 0. The van der Waals surface area contributed by atoms with Gasteiger partial charge in [-0.2, -0.15) is 0 Å². The van der Waals surface area contributed by atoms with Crippen LogP contribution in [0.15, 0.2) is 34.4 Å². The Bertz CT molecular complexity index is 807. The summed E-state index contributed by atoms with van der Waals surface area (Å²) >= 11 is 5.67. The molecule has 6 nitrogen and oxygen atoms in total. The summed E-state index contributed by atoms with van der Waals surface area (Å²) in [6.07, 6.45) is 9.38. The van der Waals surface area contributed by atoms with Crippen LogP contribution in [-0.4, -0.2) is 19.1 Å². The molecule has 0 aromatic carbocycles. The van der Waals surface area contributed by atoms with Crippen molar-refractivity contribution >= 4 is 11.6 Å². The van der Waals surface area contributed by atoms with Crippen LogP contribution in [0.3, 0.4) is 0 Å². The van der Waals surface area contributed by atoms with E-state index < -0.39 is 11.1 Å². The molecular weight excluding hydrogens is 292 g/mol. The van der Waals surface area contributed by atoms with Crippen LogP contribution in [0.1, 0.15) is 25.0 Å². The highest BCUT2D eigenvalue weighted by Gasteiger charge is 2.58. The third kappa shape index (κ3) is 1.86. The molecule has 0 N–H and O–H groups in total. The second-order valence-corrected chi connectivity index (χ2v) is 6.33. The summed E-state index contributed by atoms with van der Waals surface area (Å²) in [6.45, 7) is 0.217. The Morgan fingerprint density at radius 1 is 1.14 bits per heavy atom. The molecule has 108 valence electrons. The maximum atomic E-state index is 12.3. The van der Waals surface area contributed by atoms with Gasteiger partial charge in [-0.1, -0.05) is 11.6 Å². The molecule has 3 saturated carbocycles. The van der Waals surface area contributed by atoms with E-state index in [1.807, 2.05) is 0 Å². The van der Waals surface area contributed by atoms with Crippen LogP contribution in [0.5, 0.6) is 0 Å². The highest BCUT2D eigenvalue weighted by Crippen LogP contribution is 2.61. The van der Waals surface area contributed by atoms with Gasteiger partial charge in [-0.05, 0) is 25.2 Å². The number of aromatic nitrogens is 4.